The van der Waals surface area contributed by atoms with E-state index < -0.39 is 10.0 Å². The Bertz CT molecular complexity index is 1740. The van der Waals surface area contributed by atoms with E-state index in [1.54, 1.807) is 44.4 Å². The van der Waals surface area contributed by atoms with Gasteiger partial charge in [-0.25, -0.2) is 12.8 Å². The molecule has 0 saturated heterocycles. The first kappa shape index (κ1) is 30.2. The third-order valence-corrected chi connectivity index (χ3v) is 8.69. The third-order valence-electron chi connectivity index (χ3n) is 7.45. The molecule has 11 heteroatoms. The van der Waals surface area contributed by atoms with Crippen molar-refractivity contribution >= 4 is 32.5 Å². The summed E-state index contributed by atoms with van der Waals surface area (Å²) in [6.07, 6.45) is 3.28. The van der Waals surface area contributed by atoms with Crippen molar-refractivity contribution in [2.75, 3.05) is 44.5 Å². The van der Waals surface area contributed by atoms with E-state index >= 15 is 0 Å². The molecule has 3 aromatic carbocycles. The van der Waals surface area contributed by atoms with Crippen LogP contribution in [0.4, 0.5) is 10.1 Å². The molecule has 226 valence electrons. The average molecular weight is 608 g/mol. The number of halogens is 1. The lowest BCUT2D eigenvalue weighted by molar-refractivity contribution is 0.0716. The molecule has 4 aromatic rings. The van der Waals surface area contributed by atoms with Gasteiger partial charge < -0.3 is 19.1 Å². The highest BCUT2D eigenvalue weighted by Crippen LogP contribution is 2.45. The molecule has 1 amide bonds. The Labute approximate surface area is 250 Å². The molecule has 2 heterocycles. The Hall–Kier alpha value is -4.22. The number of carbonyl (C=O) groups is 1. The number of sulfonamides is 1. The van der Waals surface area contributed by atoms with Gasteiger partial charge in [-0.2, -0.15) is 0 Å². The highest BCUT2D eigenvalue weighted by molar-refractivity contribution is 7.92. The molecule has 0 bridgehead atoms. The SMILES string of the molecule is CCN(c1c2c(c(OCc3ccc(OC)cc3)c3ncc(Cc4ccc(F)cc4)cc13)C(=O)N(CCOC)C2)S(C)(=O)=O. The van der Waals surface area contributed by atoms with Gasteiger partial charge in [0.2, 0.25) is 10.0 Å². The Morgan fingerprint density at radius 1 is 1.02 bits per heavy atom. The second kappa shape index (κ2) is 12.6. The van der Waals surface area contributed by atoms with Crippen LogP contribution in [0.25, 0.3) is 10.9 Å². The van der Waals surface area contributed by atoms with Crippen LogP contribution in [0.5, 0.6) is 11.5 Å². The van der Waals surface area contributed by atoms with Crippen LogP contribution < -0.4 is 13.8 Å². The molecule has 43 heavy (non-hydrogen) atoms. The minimum absolute atomic E-state index is 0.152. The van der Waals surface area contributed by atoms with Crippen molar-refractivity contribution < 1.29 is 31.8 Å². The van der Waals surface area contributed by atoms with Gasteiger partial charge in [0.05, 0.1) is 31.2 Å². The van der Waals surface area contributed by atoms with E-state index in [0.717, 1.165) is 22.9 Å². The number of rotatable bonds is 12. The maximum absolute atomic E-state index is 13.9. The molecule has 0 aliphatic carbocycles. The minimum atomic E-state index is -3.73. The largest absolute Gasteiger partial charge is 0.497 e. The molecule has 0 N–H and O–H groups in total. The molecule has 1 aliphatic rings. The van der Waals surface area contributed by atoms with Crippen molar-refractivity contribution in [3.8, 4) is 11.5 Å². The summed E-state index contributed by atoms with van der Waals surface area (Å²) < 4.78 is 57.9. The highest BCUT2D eigenvalue weighted by atomic mass is 32.2. The van der Waals surface area contributed by atoms with E-state index in [0.29, 0.717) is 58.8 Å². The van der Waals surface area contributed by atoms with Crippen LogP contribution >= 0.6 is 0 Å². The number of amides is 1. The van der Waals surface area contributed by atoms with Crippen LogP contribution in [0.3, 0.4) is 0 Å². The molecule has 0 fully saturated rings. The summed E-state index contributed by atoms with van der Waals surface area (Å²) in [6, 6.07) is 15.5. The number of methoxy groups -OCH3 is 2. The maximum atomic E-state index is 13.9. The zero-order chi connectivity index (χ0) is 30.7. The summed E-state index contributed by atoms with van der Waals surface area (Å²) in [5, 5.41) is 0.553. The fraction of sp³-hybridized carbons (Fsp3) is 0.312. The lowest BCUT2D eigenvalue weighted by Crippen LogP contribution is -2.31. The maximum Gasteiger partial charge on any atom is 0.258 e. The smallest absolute Gasteiger partial charge is 0.258 e. The zero-order valence-electron chi connectivity index (χ0n) is 24.6. The van der Waals surface area contributed by atoms with Crippen molar-refractivity contribution in [1.29, 1.82) is 0 Å². The summed E-state index contributed by atoms with van der Waals surface area (Å²) in [4.78, 5) is 20.2. The number of fused-ring (bicyclic) bond motifs is 2. The first-order valence-electron chi connectivity index (χ1n) is 13.9. The number of nitrogens with zero attached hydrogens (tertiary/aromatic N) is 3. The Balaban J connectivity index is 1.71. The van der Waals surface area contributed by atoms with Crippen molar-refractivity contribution in [3.05, 3.63) is 94.4 Å². The number of benzene rings is 3. The summed E-state index contributed by atoms with van der Waals surface area (Å²) in [5.74, 6) is 0.402. The summed E-state index contributed by atoms with van der Waals surface area (Å²) in [6.45, 7) is 2.89. The van der Waals surface area contributed by atoms with Crippen molar-refractivity contribution in [2.24, 2.45) is 0 Å². The van der Waals surface area contributed by atoms with Crippen LogP contribution in [0.15, 0.2) is 60.8 Å². The Morgan fingerprint density at radius 3 is 2.35 bits per heavy atom. The second-order valence-corrected chi connectivity index (χ2v) is 12.3. The van der Waals surface area contributed by atoms with Gasteiger partial charge >= 0.3 is 0 Å². The van der Waals surface area contributed by atoms with Crippen molar-refractivity contribution in [3.63, 3.8) is 0 Å². The summed E-state index contributed by atoms with van der Waals surface area (Å²) in [5.41, 5.74) is 4.18. The normalized spacial score (nSPS) is 13.0. The van der Waals surface area contributed by atoms with Crippen LogP contribution in [0, 0.1) is 5.82 Å². The number of hydrogen-bond donors (Lipinski definition) is 0. The minimum Gasteiger partial charge on any atom is -0.497 e. The quantitative estimate of drug-likeness (QED) is 0.225. The van der Waals surface area contributed by atoms with Gasteiger partial charge in [-0.3, -0.25) is 14.1 Å². The molecule has 0 atom stereocenters. The van der Waals surface area contributed by atoms with E-state index in [4.69, 9.17) is 19.2 Å². The molecular formula is C32H34FN3O6S. The number of pyridine rings is 1. The van der Waals surface area contributed by atoms with Crippen LogP contribution in [0.1, 0.15) is 39.5 Å². The van der Waals surface area contributed by atoms with Gasteiger partial charge in [-0.15, -0.1) is 0 Å². The lowest BCUT2D eigenvalue weighted by atomic mass is 9.98. The van der Waals surface area contributed by atoms with Gasteiger partial charge in [-0.05, 0) is 60.4 Å². The first-order valence-corrected chi connectivity index (χ1v) is 15.7. The Kier molecular flexibility index (Phi) is 8.84. The molecule has 1 aromatic heterocycles. The van der Waals surface area contributed by atoms with Gasteiger partial charge in [-0.1, -0.05) is 24.3 Å². The summed E-state index contributed by atoms with van der Waals surface area (Å²) >= 11 is 0. The van der Waals surface area contributed by atoms with Crippen molar-refractivity contribution in [2.45, 2.75) is 26.5 Å². The van der Waals surface area contributed by atoms with Gasteiger partial charge in [0.25, 0.3) is 5.91 Å². The number of aromatic nitrogens is 1. The van der Waals surface area contributed by atoms with Crippen LogP contribution in [0.2, 0.25) is 0 Å². The van der Waals surface area contributed by atoms with Crippen LogP contribution in [-0.2, 0) is 34.3 Å². The molecule has 0 unspecified atom stereocenters. The van der Waals surface area contributed by atoms with Crippen molar-refractivity contribution in [1.82, 2.24) is 9.88 Å². The first-order chi connectivity index (χ1) is 20.6. The monoisotopic (exact) mass is 607 g/mol. The number of ether oxygens (including phenoxy) is 3. The molecule has 0 radical (unpaired) electrons. The highest BCUT2D eigenvalue weighted by Gasteiger charge is 2.38. The fourth-order valence-electron chi connectivity index (χ4n) is 5.38. The topological polar surface area (TPSA) is 98.3 Å². The number of carbonyl (C=O) groups excluding carboxylic acids is 1. The predicted octanol–water partition coefficient (Wildman–Crippen LogP) is 4.94. The Morgan fingerprint density at radius 2 is 1.72 bits per heavy atom. The van der Waals surface area contributed by atoms with E-state index in [1.165, 1.54) is 16.4 Å². The molecule has 1 aliphatic heterocycles. The molecular weight excluding hydrogens is 573 g/mol. The fourth-order valence-corrected chi connectivity index (χ4v) is 6.39. The third kappa shape index (κ3) is 6.28. The molecule has 0 spiro atoms. The second-order valence-electron chi connectivity index (χ2n) is 10.4. The van der Waals surface area contributed by atoms with E-state index in [1.807, 2.05) is 30.3 Å². The predicted molar refractivity (Wildman–Crippen MR) is 163 cm³/mol. The van der Waals surface area contributed by atoms with Gasteiger partial charge in [0.1, 0.15) is 23.7 Å². The lowest BCUT2D eigenvalue weighted by Gasteiger charge is -2.26. The zero-order valence-corrected chi connectivity index (χ0v) is 25.4. The van der Waals surface area contributed by atoms with E-state index in [2.05, 4.69) is 0 Å². The van der Waals surface area contributed by atoms with Gasteiger partial charge in [0, 0.05) is 43.9 Å². The number of hydrogen-bond acceptors (Lipinski definition) is 7. The standard InChI is InChI=1S/C32H34FN3O6S/c1-5-36(43(4,38)39)30-26-17-23(16-21-6-10-24(33)11-7-21)18-34-29(26)31(42-20-22-8-12-25(41-3)13-9-22)28-27(30)19-35(32(28)37)14-15-40-2/h6-13,17-18H,5,14-16,19-20H2,1-4H3. The molecule has 0 saturated carbocycles. The van der Waals surface area contributed by atoms with E-state index in [9.17, 15) is 17.6 Å². The average Bonchev–Trinajstić information content (AvgIpc) is 3.32. The van der Waals surface area contributed by atoms with E-state index in [-0.39, 0.29) is 31.4 Å². The molecule has 9 nitrogen and oxygen atoms in total. The summed E-state index contributed by atoms with van der Waals surface area (Å²) in [7, 11) is -0.573. The number of anilines is 1. The molecule has 5 rings (SSSR count). The van der Waals surface area contributed by atoms with Crippen LogP contribution in [-0.4, -0.2) is 64.4 Å². The van der Waals surface area contributed by atoms with Gasteiger partial charge in [0.15, 0.2) is 5.75 Å².